The number of hydrogen-bond donors (Lipinski definition) is 1. The van der Waals surface area contributed by atoms with E-state index in [0.29, 0.717) is 13.2 Å². The minimum Gasteiger partial charge on any atom is -0.423 e. The molecule has 0 radical (unpaired) electrons. The minimum atomic E-state index is -0.500. The van der Waals surface area contributed by atoms with Crippen molar-refractivity contribution in [1.82, 2.24) is 10.2 Å². The van der Waals surface area contributed by atoms with Crippen LogP contribution >= 0.6 is 58.0 Å². The molecule has 4 nitrogen and oxygen atoms in total. The smallest absolute Gasteiger partial charge is 0.313 e. The third-order valence-corrected chi connectivity index (χ3v) is 5.35. The lowest BCUT2D eigenvalue weighted by Crippen LogP contribution is -2.37. The zero-order valence-electron chi connectivity index (χ0n) is 12.1. The fourth-order valence-corrected chi connectivity index (χ4v) is 3.22. The van der Waals surface area contributed by atoms with Crippen LogP contribution in [0.15, 0.2) is 11.8 Å². The van der Waals surface area contributed by atoms with Gasteiger partial charge in [-0.1, -0.05) is 58.0 Å². The third-order valence-electron chi connectivity index (χ3n) is 3.11. The van der Waals surface area contributed by atoms with Crippen LogP contribution in [0.1, 0.15) is 13.3 Å². The summed E-state index contributed by atoms with van der Waals surface area (Å²) in [5, 5.41) is 3.12. The highest BCUT2D eigenvalue weighted by atomic mass is 35.5. The predicted molar refractivity (Wildman–Crippen MR) is 95.1 cm³/mol. The van der Waals surface area contributed by atoms with Crippen LogP contribution in [0.4, 0.5) is 0 Å². The van der Waals surface area contributed by atoms with Gasteiger partial charge in [0.15, 0.2) is 5.75 Å². The molecule has 1 heterocycles. The first-order valence-corrected chi connectivity index (χ1v) is 8.54. The first kappa shape index (κ1) is 19.0. The molecule has 0 aliphatic carbocycles. The van der Waals surface area contributed by atoms with Crippen molar-refractivity contribution in [2.24, 2.45) is 0 Å². The number of benzene rings is 1. The Morgan fingerprint density at radius 2 is 1.70 bits per heavy atom. The maximum atomic E-state index is 12.0. The van der Waals surface area contributed by atoms with Crippen molar-refractivity contribution >= 4 is 64.0 Å². The molecule has 1 aliphatic rings. The monoisotopic (exact) mass is 416 g/mol. The summed E-state index contributed by atoms with van der Waals surface area (Å²) < 4.78 is 5.21. The average molecular weight is 419 g/mol. The topological polar surface area (TPSA) is 41.6 Å². The van der Waals surface area contributed by atoms with E-state index in [-0.39, 0.29) is 37.3 Å². The number of nitrogens with zero attached hydrogens (tertiary/aromatic N) is 1. The lowest BCUT2D eigenvalue weighted by atomic mass is 10.3. The Morgan fingerprint density at radius 3 is 2.26 bits per heavy atom. The van der Waals surface area contributed by atoms with Crippen molar-refractivity contribution in [3.05, 3.63) is 36.9 Å². The van der Waals surface area contributed by atoms with Crippen molar-refractivity contribution in [3.8, 4) is 5.75 Å². The van der Waals surface area contributed by atoms with Gasteiger partial charge in [-0.25, -0.2) is 0 Å². The van der Waals surface area contributed by atoms with Gasteiger partial charge < -0.3 is 9.64 Å². The van der Waals surface area contributed by atoms with E-state index in [1.807, 2.05) is 18.0 Å². The van der Waals surface area contributed by atoms with Gasteiger partial charge in [-0.3, -0.25) is 10.1 Å². The summed E-state index contributed by atoms with van der Waals surface area (Å²) in [4.78, 5) is 14.0. The van der Waals surface area contributed by atoms with Crippen LogP contribution in [0.5, 0.6) is 5.75 Å². The van der Waals surface area contributed by atoms with E-state index in [1.165, 1.54) is 5.57 Å². The second-order valence-corrected chi connectivity index (χ2v) is 6.89. The van der Waals surface area contributed by atoms with Crippen molar-refractivity contribution in [2.45, 2.75) is 13.3 Å². The van der Waals surface area contributed by atoms with E-state index >= 15 is 0 Å². The van der Waals surface area contributed by atoms with E-state index < -0.39 is 5.97 Å². The van der Waals surface area contributed by atoms with E-state index in [9.17, 15) is 4.79 Å². The lowest BCUT2D eigenvalue weighted by molar-refractivity contribution is -0.134. The maximum Gasteiger partial charge on any atom is 0.313 e. The number of esters is 1. The van der Waals surface area contributed by atoms with Crippen LogP contribution in [0.25, 0.3) is 0 Å². The second kappa shape index (κ2) is 8.15. The molecule has 2 rings (SSSR count). The Balaban J connectivity index is 2.05. The fraction of sp³-hybridized carbons (Fsp3) is 0.357. The molecule has 126 valence electrons. The van der Waals surface area contributed by atoms with Gasteiger partial charge in [0.25, 0.3) is 0 Å². The molecule has 0 saturated heterocycles. The molecule has 0 amide bonds. The number of carbonyl (C=O) groups is 1. The third kappa shape index (κ3) is 4.59. The number of halogens is 5. The van der Waals surface area contributed by atoms with Gasteiger partial charge in [0.05, 0.1) is 28.2 Å². The first-order valence-electron chi connectivity index (χ1n) is 6.65. The Kier molecular flexibility index (Phi) is 6.72. The maximum absolute atomic E-state index is 12.0. The predicted octanol–water partition coefficient (Wildman–Crippen LogP) is 5.02. The molecule has 1 N–H and O–H groups in total. The molecule has 1 aromatic rings. The second-order valence-electron chi connectivity index (χ2n) is 5.00. The van der Waals surface area contributed by atoms with Crippen LogP contribution in [0, 0.1) is 0 Å². The standard InChI is InChI=1S/C14H13Cl5N2O2/c1-7-4-20-6-21(5-7)3-2-8(22)23-14-12(18)10(16)9(15)11(17)13(14)19/h5,20H,2-4,6H2,1H3. The molecule has 1 aromatic carbocycles. The average Bonchev–Trinajstić information content (AvgIpc) is 2.53. The zero-order chi connectivity index (χ0) is 17.1. The summed E-state index contributed by atoms with van der Waals surface area (Å²) in [6, 6.07) is 0. The van der Waals surface area contributed by atoms with Gasteiger partial charge in [-0.15, -0.1) is 0 Å². The molecule has 0 aromatic heterocycles. The number of carbonyl (C=O) groups excluding carboxylic acids is 1. The van der Waals surface area contributed by atoms with E-state index in [1.54, 1.807) is 0 Å². The highest BCUT2D eigenvalue weighted by molar-refractivity contribution is 6.55. The van der Waals surface area contributed by atoms with Crippen molar-refractivity contribution in [1.29, 1.82) is 0 Å². The van der Waals surface area contributed by atoms with Gasteiger partial charge in [0.1, 0.15) is 10.0 Å². The Morgan fingerprint density at radius 1 is 1.13 bits per heavy atom. The Hall–Kier alpha value is -0.360. The van der Waals surface area contributed by atoms with E-state index in [2.05, 4.69) is 5.32 Å². The SMILES string of the molecule is CC1=CN(CCC(=O)Oc2c(Cl)c(Cl)c(Cl)c(Cl)c2Cl)CNC1. The first-order chi connectivity index (χ1) is 10.8. The highest BCUT2D eigenvalue weighted by Gasteiger charge is 2.22. The Labute approximate surface area is 159 Å². The minimum absolute atomic E-state index is 0.00989. The summed E-state index contributed by atoms with van der Waals surface area (Å²) >= 11 is 29.8. The molecule has 23 heavy (non-hydrogen) atoms. The van der Waals surface area contributed by atoms with Crippen molar-refractivity contribution in [2.75, 3.05) is 19.8 Å². The fourth-order valence-electron chi connectivity index (χ4n) is 2.02. The van der Waals surface area contributed by atoms with Gasteiger partial charge >= 0.3 is 5.97 Å². The van der Waals surface area contributed by atoms with Gasteiger partial charge in [0, 0.05) is 19.3 Å². The number of ether oxygens (including phenoxy) is 1. The molecule has 0 fully saturated rings. The molecule has 9 heteroatoms. The quantitative estimate of drug-likeness (QED) is 0.323. The van der Waals surface area contributed by atoms with Crippen LogP contribution < -0.4 is 10.1 Å². The van der Waals surface area contributed by atoms with Gasteiger partial charge in [0.2, 0.25) is 0 Å². The Bertz CT molecular complexity index is 634. The summed E-state index contributed by atoms with van der Waals surface area (Å²) in [6.07, 6.45) is 2.15. The largest absolute Gasteiger partial charge is 0.423 e. The summed E-state index contributed by atoms with van der Waals surface area (Å²) in [5.74, 6) is -0.582. The summed E-state index contributed by atoms with van der Waals surface area (Å²) in [6.45, 7) is 4.01. The molecule has 0 bridgehead atoms. The van der Waals surface area contributed by atoms with E-state index in [4.69, 9.17) is 62.7 Å². The van der Waals surface area contributed by atoms with Crippen LogP contribution in [-0.4, -0.2) is 30.6 Å². The van der Waals surface area contributed by atoms with Gasteiger partial charge in [-0.2, -0.15) is 0 Å². The molecular weight excluding hydrogens is 405 g/mol. The van der Waals surface area contributed by atoms with Crippen molar-refractivity contribution in [3.63, 3.8) is 0 Å². The molecule has 0 spiro atoms. The highest BCUT2D eigenvalue weighted by Crippen LogP contribution is 2.48. The molecule has 1 aliphatic heterocycles. The zero-order valence-corrected chi connectivity index (χ0v) is 15.8. The normalized spacial score (nSPS) is 14.7. The van der Waals surface area contributed by atoms with Crippen molar-refractivity contribution < 1.29 is 9.53 Å². The molecule has 0 atom stereocenters. The number of nitrogens with one attached hydrogen (secondary N) is 1. The number of hydrogen-bond acceptors (Lipinski definition) is 4. The molecular formula is C14H13Cl5N2O2. The van der Waals surface area contributed by atoms with Crippen LogP contribution in [0.2, 0.25) is 25.1 Å². The van der Waals surface area contributed by atoms with E-state index in [0.717, 1.165) is 6.54 Å². The van der Waals surface area contributed by atoms with Crippen LogP contribution in [0.3, 0.4) is 0 Å². The number of rotatable bonds is 4. The molecule has 0 saturated carbocycles. The van der Waals surface area contributed by atoms with Gasteiger partial charge in [-0.05, 0) is 12.5 Å². The molecule has 0 unspecified atom stereocenters. The van der Waals surface area contributed by atoms with Crippen LogP contribution in [-0.2, 0) is 4.79 Å². The lowest BCUT2D eigenvalue weighted by Gasteiger charge is -2.26. The summed E-state index contributed by atoms with van der Waals surface area (Å²) in [5.41, 5.74) is 1.19. The summed E-state index contributed by atoms with van der Waals surface area (Å²) in [7, 11) is 0.